The van der Waals surface area contributed by atoms with E-state index < -0.39 is 0 Å². The first-order chi connectivity index (χ1) is 3.91. The van der Waals surface area contributed by atoms with Crippen molar-refractivity contribution in [3.05, 3.63) is 6.42 Å². The molecule has 2 fully saturated rings. The van der Waals surface area contributed by atoms with Crippen molar-refractivity contribution in [2.45, 2.75) is 12.0 Å². The lowest BCUT2D eigenvalue weighted by Crippen LogP contribution is -2.58. The maximum Gasteiger partial charge on any atom is 0.0933 e. The Morgan fingerprint density at radius 1 is 1.50 bits per heavy atom. The zero-order chi connectivity index (χ0) is 5.45. The van der Waals surface area contributed by atoms with E-state index in [2.05, 4.69) is 11.7 Å². The largest absolute Gasteiger partial charge is 0.372 e. The van der Waals surface area contributed by atoms with Crippen LogP contribution >= 0.6 is 0 Å². The summed E-state index contributed by atoms with van der Waals surface area (Å²) in [5, 5.41) is 3.20. The van der Waals surface area contributed by atoms with E-state index in [1.54, 1.807) is 0 Å². The molecule has 45 valence electrons. The van der Waals surface area contributed by atoms with Crippen LogP contribution in [0.4, 0.5) is 0 Å². The Bertz CT molecular complexity index is 90.7. The highest BCUT2D eigenvalue weighted by Gasteiger charge is 2.40. The molecule has 0 atom stereocenters. The van der Waals surface area contributed by atoms with Crippen molar-refractivity contribution >= 4 is 0 Å². The topological polar surface area (TPSA) is 21.3 Å². The van der Waals surface area contributed by atoms with Crippen LogP contribution in [0.2, 0.25) is 0 Å². The van der Waals surface area contributed by atoms with Gasteiger partial charge in [-0.05, 0) is 12.8 Å². The fourth-order valence-corrected chi connectivity index (χ4v) is 1.27. The van der Waals surface area contributed by atoms with Gasteiger partial charge >= 0.3 is 0 Å². The van der Waals surface area contributed by atoms with Crippen molar-refractivity contribution < 1.29 is 4.74 Å². The summed E-state index contributed by atoms with van der Waals surface area (Å²) in [6, 6.07) is 0. The van der Waals surface area contributed by atoms with E-state index in [1.807, 2.05) is 0 Å². The summed E-state index contributed by atoms with van der Waals surface area (Å²) in [6.07, 6.45) is 3.36. The van der Waals surface area contributed by atoms with Crippen LogP contribution < -0.4 is 5.32 Å². The van der Waals surface area contributed by atoms with Crippen LogP contribution in [0.15, 0.2) is 0 Å². The van der Waals surface area contributed by atoms with Crippen molar-refractivity contribution in [2.75, 3.05) is 19.7 Å². The van der Waals surface area contributed by atoms with Crippen LogP contribution in [0.1, 0.15) is 6.42 Å². The predicted molar refractivity (Wildman–Crippen MR) is 30.5 cm³/mol. The van der Waals surface area contributed by atoms with Gasteiger partial charge in [0.25, 0.3) is 0 Å². The first-order valence-corrected chi connectivity index (χ1v) is 3.08. The first kappa shape index (κ1) is 4.77. The summed E-state index contributed by atoms with van der Waals surface area (Å²) in [5.41, 5.74) is 0.250. The Hall–Kier alpha value is -0.0800. The molecular weight excluding hydrogens is 102 g/mol. The van der Waals surface area contributed by atoms with Gasteiger partial charge in [0, 0.05) is 13.1 Å². The molecular formula is C6H10NO. The van der Waals surface area contributed by atoms with Crippen molar-refractivity contribution in [2.24, 2.45) is 0 Å². The van der Waals surface area contributed by atoms with Gasteiger partial charge in [-0.3, -0.25) is 0 Å². The Balaban J connectivity index is 2.01. The quantitative estimate of drug-likeness (QED) is 0.474. The predicted octanol–water partition coefficient (Wildman–Crippen LogP) is -0.0470. The molecule has 2 aliphatic rings. The smallest absolute Gasteiger partial charge is 0.0933 e. The second-order valence-electron chi connectivity index (χ2n) is 2.59. The minimum atomic E-state index is 0.250. The maximum atomic E-state index is 5.46. The molecule has 0 aromatic rings. The summed E-state index contributed by atoms with van der Waals surface area (Å²) >= 11 is 0. The molecule has 1 N–H and O–H groups in total. The van der Waals surface area contributed by atoms with Gasteiger partial charge in [-0.25, -0.2) is 0 Å². The van der Waals surface area contributed by atoms with Crippen molar-refractivity contribution in [1.29, 1.82) is 0 Å². The van der Waals surface area contributed by atoms with Gasteiger partial charge in [0.1, 0.15) is 0 Å². The lowest BCUT2D eigenvalue weighted by molar-refractivity contribution is -0.0355. The molecule has 2 saturated heterocycles. The molecule has 2 rings (SSSR count). The Morgan fingerprint density at radius 3 is 2.62 bits per heavy atom. The summed E-state index contributed by atoms with van der Waals surface area (Å²) in [6.45, 7) is 2.98. The molecule has 8 heavy (non-hydrogen) atoms. The molecule has 2 heterocycles. The fraction of sp³-hybridized carbons (Fsp3) is 0.833. The second-order valence-corrected chi connectivity index (χ2v) is 2.59. The summed E-state index contributed by atoms with van der Waals surface area (Å²) in [5.74, 6) is 0. The van der Waals surface area contributed by atoms with Gasteiger partial charge in [0.2, 0.25) is 0 Å². The average molecular weight is 112 g/mol. The molecule has 0 aromatic carbocycles. The van der Waals surface area contributed by atoms with E-state index in [1.165, 1.54) is 0 Å². The lowest BCUT2D eigenvalue weighted by Gasteiger charge is -2.37. The van der Waals surface area contributed by atoms with E-state index in [0.29, 0.717) is 0 Å². The Labute approximate surface area is 49.2 Å². The third kappa shape index (κ3) is 0.501. The highest BCUT2D eigenvalue weighted by molar-refractivity contribution is 5.02. The van der Waals surface area contributed by atoms with Crippen LogP contribution in [0, 0.1) is 6.42 Å². The average Bonchev–Trinajstić information content (AvgIpc) is 2.07. The van der Waals surface area contributed by atoms with Crippen LogP contribution in [0.5, 0.6) is 0 Å². The van der Waals surface area contributed by atoms with E-state index >= 15 is 0 Å². The molecule has 0 unspecified atom stereocenters. The lowest BCUT2D eigenvalue weighted by atomic mass is 9.94. The minimum absolute atomic E-state index is 0.250. The number of hydrogen-bond donors (Lipinski definition) is 1. The van der Waals surface area contributed by atoms with Crippen LogP contribution in [0.3, 0.4) is 0 Å². The van der Waals surface area contributed by atoms with Gasteiger partial charge in [-0.1, -0.05) is 0 Å². The highest BCUT2D eigenvalue weighted by Crippen LogP contribution is 2.27. The molecule has 1 spiro atoms. The zero-order valence-corrected chi connectivity index (χ0v) is 4.81. The van der Waals surface area contributed by atoms with E-state index in [-0.39, 0.29) is 5.60 Å². The van der Waals surface area contributed by atoms with Crippen molar-refractivity contribution in [1.82, 2.24) is 5.32 Å². The van der Waals surface area contributed by atoms with E-state index in [9.17, 15) is 0 Å². The Morgan fingerprint density at radius 2 is 2.38 bits per heavy atom. The number of rotatable bonds is 0. The van der Waals surface area contributed by atoms with Gasteiger partial charge in [-0.2, -0.15) is 0 Å². The van der Waals surface area contributed by atoms with Crippen molar-refractivity contribution in [3.8, 4) is 0 Å². The first-order valence-electron chi connectivity index (χ1n) is 3.08. The standard InChI is InChI=1S/C6H10NO/c1-2-6(8-3-1)4-7-5-6/h1,7H,2-5H2. The molecule has 2 heteroatoms. The third-order valence-corrected chi connectivity index (χ3v) is 1.92. The molecule has 2 aliphatic heterocycles. The van der Waals surface area contributed by atoms with E-state index in [0.717, 1.165) is 26.1 Å². The molecule has 0 amide bonds. The van der Waals surface area contributed by atoms with Gasteiger partial charge < -0.3 is 10.1 Å². The summed E-state index contributed by atoms with van der Waals surface area (Å²) in [7, 11) is 0. The molecule has 1 radical (unpaired) electrons. The molecule has 0 saturated carbocycles. The number of hydrogen-bond acceptors (Lipinski definition) is 2. The normalized spacial score (nSPS) is 33.0. The van der Waals surface area contributed by atoms with Crippen LogP contribution in [-0.2, 0) is 4.74 Å². The summed E-state index contributed by atoms with van der Waals surface area (Å²) < 4.78 is 5.46. The molecule has 0 aromatic heterocycles. The van der Waals surface area contributed by atoms with Crippen molar-refractivity contribution in [3.63, 3.8) is 0 Å². The highest BCUT2D eigenvalue weighted by atomic mass is 16.5. The van der Waals surface area contributed by atoms with E-state index in [4.69, 9.17) is 4.74 Å². The zero-order valence-electron chi connectivity index (χ0n) is 4.81. The molecule has 2 nitrogen and oxygen atoms in total. The SMILES string of the molecule is [CH]1COC2(C1)CNC2. The Kier molecular flexibility index (Phi) is 0.866. The second kappa shape index (κ2) is 1.45. The minimum Gasteiger partial charge on any atom is -0.372 e. The number of ether oxygens (including phenoxy) is 1. The number of nitrogens with one attached hydrogen (secondary N) is 1. The molecule has 0 aliphatic carbocycles. The summed E-state index contributed by atoms with van der Waals surface area (Å²) in [4.78, 5) is 0. The maximum absolute atomic E-state index is 5.46. The van der Waals surface area contributed by atoms with Crippen LogP contribution in [-0.4, -0.2) is 25.3 Å². The third-order valence-electron chi connectivity index (χ3n) is 1.92. The van der Waals surface area contributed by atoms with Gasteiger partial charge in [-0.15, -0.1) is 0 Å². The van der Waals surface area contributed by atoms with Gasteiger partial charge in [0.15, 0.2) is 0 Å². The molecule has 0 bridgehead atoms. The van der Waals surface area contributed by atoms with Crippen LogP contribution in [0.25, 0.3) is 0 Å². The monoisotopic (exact) mass is 112 g/mol. The van der Waals surface area contributed by atoms with Gasteiger partial charge in [0.05, 0.1) is 12.2 Å². The fourth-order valence-electron chi connectivity index (χ4n) is 1.27.